The minimum absolute atomic E-state index is 0.119. The highest BCUT2D eigenvalue weighted by atomic mass is 16.5. The summed E-state index contributed by atoms with van der Waals surface area (Å²) in [5.41, 5.74) is 0.509. The van der Waals surface area contributed by atoms with E-state index in [0.29, 0.717) is 28.7 Å². The molecular formula is C14H19NO4. The Balaban J connectivity index is 2.21. The van der Waals surface area contributed by atoms with E-state index < -0.39 is 0 Å². The lowest BCUT2D eigenvalue weighted by molar-refractivity contribution is 0.0951. The van der Waals surface area contributed by atoms with Crippen LogP contribution < -0.4 is 19.5 Å². The molecule has 0 bridgehead atoms. The number of rotatable bonds is 6. The van der Waals surface area contributed by atoms with Gasteiger partial charge in [0.25, 0.3) is 5.91 Å². The van der Waals surface area contributed by atoms with Crippen LogP contribution in [0.15, 0.2) is 12.1 Å². The lowest BCUT2D eigenvalue weighted by Crippen LogP contribution is -2.25. The Hall–Kier alpha value is -1.91. The van der Waals surface area contributed by atoms with E-state index in [1.165, 1.54) is 34.2 Å². The largest absolute Gasteiger partial charge is 0.493 e. The van der Waals surface area contributed by atoms with Gasteiger partial charge in [-0.15, -0.1) is 0 Å². The molecule has 1 aliphatic carbocycles. The van der Waals surface area contributed by atoms with E-state index in [2.05, 4.69) is 5.32 Å². The topological polar surface area (TPSA) is 56.8 Å². The number of carbonyl (C=O) groups is 1. The molecule has 1 N–H and O–H groups in total. The zero-order valence-electron chi connectivity index (χ0n) is 11.5. The van der Waals surface area contributed by atoms with Crippen LogP contribution in [0.5, 0.6) is 17.2 Å². The second kappa shape index (κ2) is 5.82. The van der Waals surface area contributed by atoms with Gasteiger partial charge in [-0.25, -0.2) is 0 Å². The molecule has 0 radical (unpaired) electrons. The van der Waals surface area contributed by atoms with Crippen molar-refractivity contribution in [2.75, 3.05) is 27.9 Å². The highest BCUT2D eigenvalue weighted by molar-refractivity contribution is 5.95. The smallest absolute Gasteiger partial charge is 0.251 e. The van der Waals surface area contributed by atoms with Gasteiger partial charge >= 0.3 is 0 Å². The molecule has 0 atom stereocenters. The summed E-state index contributed by atoms with van der Waals surface area (Å²) in [6, 6.07) is 3.31. The van der Waals surface area contributed by atoms with Crippen LogP contribution in [0.2, 0.25) is 0 Å². The van der Waals surface area contributed by atoms with Gasteiger partial charge in [-0.2, -0.15) is 0 Å². The molecule has 0 unspecified atom stereocenters. The molecule has 19 heavy (non-hydrogen) atoms. The molecule has 0 saturated heterocycles. The zero-order valence-corrected chi connectivity index (χ0v) is 11.5. The van der Waals surface area contributed by atoms with Crippen molar-refractivity contribution in [3.8, 4) is 17.2 Å². The maximum Gasteiger partial charge on any atom is 0.251 e. The molecule has 0 heterocycles. The van der Waals surface area contributed by atoms with Crippen LogP contribution in [0.1, 0.15) is 23.2 Å². The number of ether oxygens (including phenoxy) is 3. The Bertz CT molecular complexity index is 444. The first-order chi connectivity index (χ1) is 9.19. The highest BCUT2D eigenvalue weighted by Gasteiger charge is 2.23. The zero-order chi connectivity index (χ0) is 13.8. The van der Waals surface area contributed by atoms with E-state index in [0.717, 1.165) is 6.54 Å². The fourth-order valence-electron chi connectivity index (χ4n) is 1.87. The van der Waals surface area contributed by atoms with Crippen LogP contribution in [0, 0.1) is 5.92 Å². The second-order valence-corrected chi connectivity index (χ2v) is 4.57. The van der Waals surface area contributed by atoms with Gasteiger partial charge in [0.05, 0.1) is 21.3 Å². The van der Waals surface area contributed by atoms with E-state index in [1.54, 1.807) is 12.1 Å². The third kappa shape index (κ3) is 3.10. The predicted molar refractivity (Wildman–Crippen MR) is 71.2 cm³/mol. The summed E-state index contributed by atoms with van der Waals surface area (Å²) in [4.78, 5) is 12.0. The van der Waals surface area contributed by atoms with Crippen molar-refractivity contribution in [2.24, 2.45) is 5.92 Å². The fourth-order valence-corrected chi connectivity index (χ4v) is 1.87. The molecule has 1 saturated carbocycles. The molecule has 1 aliphatic rings. The summed E-state index contributed by atoms with van der Waals surface area (Å²) < 4.78 is 15.7. The van der Waals surface area contributed by atoms with E-state index in [4.69, 9.17) is 14.2 Å². The van der Waals surface area contributed by atoms with Gasteiger partial charge in [0, 0.05) is 12.1 Å². The summed E-state index contributed by atoms with van der Waals surface area (Å²) in [6.07, 6.45) is 2.41. The van der Waals surface area contributed by atoms with Crippen molar-refractivity contribution in [3.05, 3.63) is 17.7 Å². The van der Waals surface area contributed by atoms with Gasteiger partial charge in [-0.3, -0.25) is 4.79 Å². The first-order valence-electron chi connectivity index (χ1n) is 6.27. The van der Waals surface area contributed by atoms with Crippen LogP contribution >= 0.6 is 0 Å². The Morgan fingerprint density at radius 3 is 2.16 bits per heavy atom. The molecule has 1 amide bonds. The molecule has 1 aromatic carbocycles. The maximum atomic E-state index is 12.0. The minimum atomic E-state index is -0.119. The Morgan fingerprint density at radius 2 is 1.74 bits per heavy atom. The number of nitrogens with one attached hydrogen (secondary N) is 1. The number of hydrogen-bond acceptors (Lipinski definition) is 4. The summed E-state index contributed by atoms with van der Waals surface area (Å²) in [5, 5.41) is 2.91. The molecule has 0 spiro atoms. The number of hydrogen-bond donors (Lipinski definition) is 1. The lowest BCUT2D eigenvalue weighted by atomic mass is 10.1. The average Bonchev–Trinajstić information content (AvgIpc) is 3.27. The summed E-state index contributed by atoms with van der Waals surface area (Å²) in [5.74, 6) is 1.98. The summed E-state index contributed by atoms with van der Waals surface area (Å²) in [7, 11) is 4.60. The second-order valence-electron chi connectivity index (χ2n) is 4.57. The quantitative estimate of drug-likeness (QED) is 0.853. The number of benzene rings is 1. The summed E-state index contributed by atoms with van der Waals surface area (Å²) in [6.45, 7) is 0.732. The van der Waals surface area contributed by atoms with E-state index in [1.807, 2.05) is 0 Å². The Labute approximate surface area is 112 Å². The number of carbonyl (C=O) groups excluding carboxylic acids is 1. The molecule has 5 heteroatoms. The summed E-state index contributed by atoms with van der Waals surface area (Å²) >= 11 is 0. The maximum absolute atomic E-state index is 12.0. The van der Waals surface area contributed by atoms with Crippen LogP contribution in [0.4, 0.5) is 0 Å². The lowest BCUT2D eigenvalue weighted by Gasteiger charge is -2.14. The number of methoxy groups -OCH3 is 3. The third-order valence-corrected chi connectivity index (χ3v) is 3.18. The van der Waals surface area contributed by atoms with Gasteiger partial charge < -0.3 is 19.5 Å². The van der Waals surface area contributed by atoms with Crippen molar-refractivity contribution in [3.63, 3.8) is 0 Å². The SMILES string of the molecule is COc1cc(C(=O)NCC2CC2)cc(OC)c1OC. The average molecular weight is 265 g/mol. The first kappa shape index (κ1) is 13.5. The molecular weight excluding hydrogens is 246 g/mol. The standard InChI is InChI=1S/C14H19NO4/c1-17-11-6-10(7-12(18-2)13(11)19-3)14(16)15-8-9-4-5-9/h6-7,9H,4-5,8H2,1-3H3,(H,15,16). The van der Waals surface area contributed by atoms with E-state index >= 15 is 0 Å². The van der Waals surface area contributed by atoms with Gasteiger partial charge in [-0.05, 0) is 30.9 Å². The van der Waals surface area contributed by atoms with Gasteiger partial charge in [0.1, 0.15) is 0 Å². The van der Waals surface area contributed by atoms with Gasteiger partial charge in [0.15, 0.2) is 11.5 Å². The third-order valence-electron chi connectivity index (χ3n) is 3.18. The number of amides is 1. The molecule has 104 valence electrons. The van der Waals surface area contributed by atoms with Crippen LogP contribution in [-0.4, -0.2) is 33.8 Å². The molecule has 0 aliphatic heterocycles. The van der Waals surface area contributed by atoms with Crippen molar-refractivity contribution in [2.45, 2.75) is 12.8 Å². The molecule has 0 aromatic heterocycles. The fraction of sp³-hybridized carbons (Fsp3) is 0.500. The first-order valence-corrected chi connectivity index (χ1v) is 6.27. The van der Waals surface area contributed by atoms with Crippen molar-refractivity contribution < 1.29 is 19.0 Å². The highest BCUT2D eigenvalue weighted by Crippen LogP contribution is 2.38. The molecule has 2 rings (SSSR count). The van der Waals surface area contributed by atoms with Gasteiger partial charge in [-0.1, -0.05) is 0 Å². The van der Waals surface area contributed by atoms with Crippen molar-refractivity contribution >= 4 is 5.91 Å². The monoisotopic (exact) mass is 265 g/mol. The normalized spacial score (nSPS) is 13.8. The van der Waals surface area contributed by atoms with Crippen molar-refractivity contribution in [1.29, 1.82) is 0 Å². The predicted octanol–water partition coefficient (Wildman–Crippen LogP) is 1.85. The van der Waals surface area contributed by atoms with Crippen LogP contribution in [-0.2, 0) is 0 Å². The van der Waals surface area contributed by atoms with Crippen molar-refractivity contribution in [1.82, 2.24) is 5.32 Å². The van der Waals surface area contributed by atoms with E-state index in [9.17, 15) is 4.79 Å². The van der Waals surface area contributed by atoms with E-state index in [-0.39, 0.29) is 5.91 Å². The Kier molecular flexibility index (Phi) is 4.14. The van der Waals surface area contributed by atoms with Crippen LogP contribution in [0.3, 0.4) is 0 Å². The molecule has 1 aromatic rings. The minimum Gasteiger partial charge on any atom is -0.493 e. The molecule has 1 fully saturated rings. The van der Waals surface area contributed by atoms with Crippen LogP contribution in [0.25, 0.3) is 0 Å². The Morgan fingerprint density at radius 1 is 1.16 bits per heavy atom. The molecule has 5 nitrogen and oxygen atoms in total. The van der Waals surface area contributed by atoms with Gasteiger partial charge in [0.2, 0.25) is 5.75 Å².